The minimum Gasteiger partial charge on any atom is -0.242 e. The number of aryl methyl sites for hydroxylation is 2. The summed E-state index contributed by atoms with van der Waals surface area (Å²) in [5.41, 5.74) is 1.50. The topological polar surface area (TPSA) is 72.0 Å². The number of hydrogen-bond acceptors (Lipinski definition) is 4. The minimum atomic E-state index is -3.54. The molecule has 0 aliphatic carbocycles. The zero-order valence-corrected chi connectivity index (χ0v) is 13.5. The van der Waals surface area contributed by atoms with Crippen molar-refractivity contribution < 1.29 is 8.42 Å². The van der Waals surface area contributed by atoms with Crippen LogP contribution in [0.5, 0.6) is 0 Å². The zero-order chi connectivity index (χ0) is 14.8. The Balaban J connectivity index is 2.17. The largest absolute Gasteiger partial charge is 0.242 e. The molecule has 0 saturated carbocycles. The second kappa shape index (κ2) is 5.99. The molecule has 2 rings (SSSR count). The molecule has 0 radical (unpaired) electrons. The minimum absolute atomic E-state index is 0.140. The molecular formula is C13H14BrN3O2S. The first-order chi connectivity index (χ1) is 9.38. The maximum atomic E-state index is 12.2. The van der Waals surface area contributed by atoms with E-state index in [9.17, 15) is 8.42 Å². The van der Waals surface area contributed by atoms with Crippen molar-refractivity contribution >= 4 is 26.0 Å². The van der Waals surface area contributed by atoms with Crippen LogP contribution in [0.1, 0.15) is 17.1 Å². The Morgan fingerprint density at radius 3 is 2.65 bits per heavy atom. The third-order valence-corrected chi connectivity index (χ3v) is 5.01. The summed E-state index contributed by atoms with van der Waals surface area (Å²) in [5, 5.41) is 0. The number of sulfonamides is 1. The summed E-state index contributed by atoms with van der Waals surface area (Å²) in [4.78, 5) is 8.37. The lowest BCUT2D eigenvalue weighted by molar-refractivity contribution is 0.580. The molecule has 106 valence electrons. The van der Waals surface area contributed by atoms with Gasteiger partial charge in [-0.2, -0.15) is 0 Å². The normalized spacial score (nSPS) is 11.6. The summed E-state index contributed by atoms with van der Waals surface area (Å²) in [5.74, 6) is 0.612. The van der Waals surface area contributed by atoms with Crippen LogP contribution in [0.3, 0.4) is 0 Å². The summed E-state index contributed by atoms with van der Waals surface area (Å²) in [7, 11) is -3.54. The summed E-state index contributed by atoms with van der Waals surface area (Å²) < 4.78 is 27.8. The maximum Gasteiger partial charge on any atom is 0.240 e. The molecule has 1 heterocycles. The highest BCUT2D eigenvalue weighted by Gasteiger charge is 2.14. The first-order valence-electron chi connectivity index (χ1n) is 5.93. The number of aromatic nitrogens is 2. The molecule has 0 saturated heterocycles. The van der Waals surface area contributed by atoms with Crippen molar-refractivity contribution in [3.05, 3.63) is 52.0 Å². The SMILES string of the molecule is Cc1nccc(CNS(=O)(=O)c2ccc(Br)c(C)c2)n1. The molecule has 0 amide bonds. The van der Waals surface area contributed by atoms with E-state index in [0.717, 1.165) is 10.0 Å². The van der Waals surface area contributed by atoms with E-state index in [-0.39, 0.29) is 11.4 Å². The van der Waals surface area contributed by atoms with Gasteiger partial charge in [-0.1, -0.05) is 15.9 Å². The van der Waals surface area contributed by atoms with Crippen molar-refractivity contribution in [3.63, 3.8) is 0 Å². The van der Waals surface area contributed by atoms with E-state index in [1.165, 1.54) is 0 Å². The van der Waals surface area contributed by atoms with Crippen LogP contribution in [0.2, 0.25) is 0 Å². The van der Waals surface area contributed by atoms with Crippen LogP contribution in [-0.4, -0.2) is 18.4 Å². The Morgan fingerprint density at radius 1 is 1.25 bits per heavy atom. The van der Waals surface area contributed by atoms with Gasteiger partial charge in [0.25, 0.3) is 0 Å². The Morgan fingerprint density at radius 2 is 2.00 bits per heavy atom. The summed E-state index contributed by atoms with van der Waals surface area (Å²) in [6.07, 6.45) is 1.61. The fraction of sp³-hybridized carbons (Fsp3) is 0.231. The predicted octanol–water partition coefficient (Wildman–Crippen LogP) is 2.33. The molecule has 0 fully saturated rings. The van der Waals surface area contributed by atoms with Gasteiger partial charge in [-0.15, -0.1) is 0 Å². The summed E-state index contributed by atoms with van der Waals surface area (Å²) in [6.45, 7) is 3.74. The number of halogens is 1. The molecule has 0 aliphatic rings. The Kier molecular flexibility index (Phi) is 4.52. The van der Waals surface area contributed by atoms with E-state index in [0.29, 0.717) is 11.5 Å². The highest BCUT2D eigenvalue weighted by atomic mass is 79.9. The molecule has 0 spiro atoms. The van der Waals surface area contributed by atoms with Gasteiger partial charge in [0.2, 0.25) is 10.0 Å². The van der Waals surface area contributed by atoms with Crippen LogP contribution in [0.4, 0.5) is 0 Å². The molecule has 0 aliphatic heterocycles. The Labute approximate surface area is 126 Å². The van der Waals surface area contributed by atoms with Crippen molar-refractivity contribution in [1.29, 1.82) is 0 Å². The first-order valence-corrected chi connectivity index (χ1v) is 8.20. The predicted molar refractivity (Wildman–Crippen MR) is 79.7 cm³/mol. The molecule has 2 aromatic rings. The van der Waals surface area contributed by atoms with E-state index >= 15 is 0 Å². The fourth-order valence-corrected chi connectivity index (χ4v) is 2.97. The molecule has 0 atom stereocenters. The molecule has 0 bridgehead atoms. The van der Waals surface area contributed by atoms with Gasteiger partial charge in [-0.3, -0.25) is 0 Å². The van der Waals surface area contributed by atoms with Crippen LogP contribution < -0.4 is 4.72 Å². The van der Waals surface area contributed by atoms with Crippen molar-refractivity contribution in [2.75, 3.05) is 0 Å². The molecule has 1 N–H and O–H groups in total. The lowest BCUT2D eigenvalue weighted by atomic mass is 10.2. The Bertz CT molecular complexity index is 732. The van der Waals surface area contributed by atoms with E-state index in [1.807, 2.05) is 6.92 Å². The highest BCUT2D eigenvalue weighted by Crippen LogP contribution is 2.20. The molecule has 1 aromatic carbocycles. The van der Waals surface area contributed by atoms with Crippen LogP contribution in [0.25, 0.3) is 0 Å². The van der Waals surface area contributed by atoms with Gasteiger partial charge < -0.3 is 0 Å². The fourth-order valence-electron chi connectivity index (χ4n) is 1.64. The Hall–Kier alpha value is -1.31. The molecule has 1 aromatic heterocycles. The van der Waals surface area contributed by atoms with Crippen molar-refractivity contribution in [2.24, 2.45) is 0 Å². The second-order valence-electron chi connectivity index (χ2n) is 4.33. The van der Waals surface area contributed by atoms with Crippen LogP contribution in [0.15, 0.2) is 39.8 Å². The lowest BCUT2D eigenvalue weighted by Gasteiger charge is -2.08. The van der Waals surface area contributed by atoms with E-state index in [4.69, 9.17) is 0 Å². The van der Waals surface area contributed by atoms with Gasteiger partial charge in [0.05, 0.1) is 17.1 Å². The van der Waals surface area contributed by atoms with Gasteiger partial charge >= 0.3 is 0 Å². The monoisotopic (exact) mass is 355 g/mol. The lowest BCUT2D eigenvalue weighted by Crippen LogP contribution is -2.24. The molecule has 5 nitrogen and oxygen atoms in total. The van der Waals surface area contributed by atoms with E-state index < -0.39 is 10.0 Å². The van der Waals surface area contributed by atoms with Crippen molar-refractivity contribution in [2.45, 2.75) is 25.3 Å². The van der Waals surface area contributed by atoms with Gasteiger partial charge in [0.15, 0.2) is 0 Å². The van der Waals surface area contributed by atoms with Crippen molar-refractivity contribution in [1.82, 2.24) is 14.7 Å². The quantitative estimate of drug-likeness (QED) is 0.913. The number of nitrogens with one attached hydrogen (secondary N) is 1. The number of benzene rings is 1. The van der Waals surface area contributed by atoms with Crippen molar-refractivity contribution in [3.8, 4) is 0 Å². The average molecular weight is 356 g/mol. The van der Waals surface area contributed by atoms with Gasteiger partial charge in [0.1, 0.15) is 5.82 Å². The summed E-state index contributed by atoms with van der Waals surface area (Å²) in [6, 6.07) is 6.59. The molecular weight excluding hydrogens is 342 g/mol. The molecule has 7 heteroatoms. The smallest absolute Gasteiger partial charge is 0.240 e. The standard InChI is InChI=1S/C13H14BrN3O2S/c1-9-7-12(3-4-13(9)14)20(18,19)16-8-11-5-6-15-10(2)17-11/h3-7,16H,8H2,1-2H3. The van der Waals surface area contributed by atoms with E-state index in [1.54, 1.807) is 37.4 Å². The number of nitrogens with zero attached hydrogens (tertiary/aromatic N) is 2. The number of rotatable bonds is 4. The van der Waals surface area contributed by atoms with Crippen LogP contribution in [-0.2, 0) is 16.6 Å². The van der Waals surface area contributed by atoms with Gasteiger partial charge in [0, 0.05) is 10.7 Å². The van der Waals surface area contributed by atoms with Gasteiger partial charge in [-0.25, -0.2) is 23.1 Å². The third-order valence-electron chi connectivity index (χ3n) is 2.72. The number of hydrogen-bond donors (Lipinski definition) is 1. The first kappa shape index (κ1) is 15.1. The molecule has 0 unspecified atom stereocenters. The van der Waals surface area contributed by atoms with Crippen LogP contribution >= 0.6 is 15.9 Å². The third kappa shape index (κ3) is 3.62. The van der Waals surface area contributed by atoms with Gasteiger partial charge in [-0.05, 0) is 43.7 Å². The maximum absolute atomic E-state index is 12.2. The zero-order valence-electron chi connectivity index (χ0n) is 11.1. The highest BCUT2D eigenvalue weighted by molar-refractivity contribution is 9.10. The molecule has 20 heavy (non-hydrogen) atoms. The van der Waals surface area contributed by atoms with Crippen LogP contribution in [0, 0.1) is 13.8 Å². The van der Waals surface area contributed by atoms with E-state index in [2.05, 4.69) is 30.6 Å². The summed E-state index contributed by atoms with van der Waals surface area (Å²) >= 11 is 3.35. The second-order valence-corrected chi connectivity index (χ2v) is 6.95. The average Bonchev–Trinajstić information content (AvgIpc) is 2.40.